The first-order chi connectivity index (χ1) is 8.27. The van der Waals surface area contributed by atoms with E-state index in [0.717, 1.165) is 17.8 Å². The van der Waals surface area contributed by atoms with Crippen molar-refractivity contribution in [1.29, 1.82) is 0 Å². The van der Waals surface area contributed by atoms with Gasteiger partial charge in [0.1, 0.15) is 0 Å². The second-order valence-corrected chi connectivity index (χ2v) is 4.22. The van der Waals surface area contributed by atoms with Crippen LogP contribution >= 0.6 is 15.9 Å². The number of nitrogens with zero attached hydrogens (tertiary/aromatic N) is 2. The molecule has 0 aliphatic rings. The van der Waals surface area contributed by atoms with Gasteiger partial charge in [-0.1, -0.05) is 41.1 Å². The van der Waals surface area contributed by atoms with Crippen molar-refractivity contribution in [3.8, 4) is 5.69 Å². The van der Waals surface area contributed by atoms with Gasteiger partial charge in [0.2, 0.25) is 0 Å². The van der Waals surface area contributed by atoms with Crippen LogP contribution in [0.15, 0.2) is 36.5 Å². The summed E-state index contributed by atoms with van der Waals surface area (Å²) >= 11 is 3.19. The number of hydrogen-bond acceptors (Lipinski definition) is 2. The van der Waals surface area contributed by atoms with Crippen molar-refractivity contribution in [2.75, 3.05) is 5.33 Å². The average molecular weight is 293 g/mol. The van der Waals surface area contributed by atoms with Crippen molar-refractivity contribution in [2.24, 2.45) is 0 Å². The number of carbonyl (C=O) groups is 1. The van der Waals surface area contributed by atoms with Crippen LogP contribution in [-0.2, 0) is 6.42 Å². The van der Waals surface area contributed by atoms with E-state index >= 15 is 0 Å². The highest BCUT2D eigenvalue weighted by atomic mass is 79.9. The molecule has 0 atom stereocenters. The summed E-state index contributed by atoms with van der Waals surface area (Å²) in [7, 11) is 0. The normalized spacial score (nSPS) is 10.5. The summed E-state index contributed by atoms with van der Waals surface area (Å²) in [4.78, 5) is 11.7. The molecule has 0 bridgehead atoms. The summed E-state index contributed by atoms with van der Waals surface area (Å²) in [6.45, 7) is 2.03. The van der Waals surface area contributed by atoms with Crippen molar-refractivity contribution in [3.05, 3.63) is 47.8 Å². The number of hydrogen-bond donors (Lipinski definition) is 0. The molecule has 0 spiro atoms. The van der Waals surface area contributed by atoms with Crippen LogP contribution in [0.1, 0.15) is 23.0 Å². The minimum absolute atomic E-state index is 0.0732. The van der Waals surface area contributed by atoms with E-state index in [1.165, 1.54) is 0 Å². The Morgan fingerprint density at radius 3 is 2.65 bits per heavy atom. The van der Waals surface area contributed by atoms with Crippen molar-refractivity contribution < 1.29 is 4.79 Å². The predicted octanol–water partition coefficient (Wildman–Crippen LogP) is 3.01. The number of Topliss-reactive ketones (excluding diaryl/α,β-unsaturated/α-hetero) is 1. The third-order valence-electron chi connectivity index (χ3n) is 2.63. The van der Waals surface area contributed by atoms with E-state index in [-0.39, 0.29) is 5.78 Å². The summed E-state index contributed by atoms with van der Waals surface area (Å²) in [6, 6.07) is 9.84. The molecule has 0 fully saturated rings. The topological polar surface area (TPSA) is 34.9 Å². The van der Waals surface area contributed by atoms with Crippen molar-refractivity contribution >= 4 is 21.7 Å². The average Bonchev–Trinajstić information content (AvgIpc) is 2.82. The molecule has 1 aromatic carbocycles. The van der Waals surface area contributed by atoms with Gasteiger partial charge in [0.15, 0.2) is 5.78 Å². The lowest BCUT2D eigenvalue weighted by molar-refractivity contribution is 0.102. The number of alkyl halides is 1. The number of aromatic nitrogens is 2. The molecule has 0 amide bonds. The van der Waals surface area contributed by atoms with Gasteiger partial charge in [-0.3, -0.25) is 4.79 Å². The van der Waals surface area contributed by atoms with Gasteiger partial charge in [0, 0.05) is 0 Å². The molecule has 0 aliphatic carbocycles. The third kappa shape index (κ3) is 2.31. The number of para-hydroxylation sites is 1. The summed E-state index contributed by atoms with van der Waals surface area (Å²) in [6.07, 6.45) is 2.43. The molecule has 1 aromatic heterocycles. The Labute approximate surface area is 109 Å². The Kier molecular flexibility index (Phi) is 3.74. The molecule has 0 aliphatic heterocycles. The van der Waals surface area contributed by atoms with Crippen LogP contribution < -0.4 is 0 Å². The van der Waals surface area contributed by atoms with E-state index in [1.807, 2.05) is 41.9 Å². The molecule has 2 aromatic rings. The van der Waals surface area contributed by atoms with Crippen LogP contribution in [0.2, 0.25) is 0 Å². The minimum atomic E-state index is 0.0732. The first-order valence-corrected chi connectivity index (χ1v) is 6.61. The van der Waals surface area contributed by atoms with E-state index in [0.29, 0.717) is 10.9 Å². The highest BCUT2D eigenvalue weighted by Gasteiger charge is 2.15. The van der Waals surface area contributed by atoms with Crippen molar-refractivity contribution in [2.45, 2.75) is 13.3 Å². The van der Waals surface area contributed by atoms with Gasteiger partial charge < -0.3 is 0 Å². The van der Waals surface area contributed by atoms with Gasteiger partial charge in [-0.15, -0.1) is 0 Å². The molecule has 0 unspecified atom stereocenters. The lowest BCUT2D eigenvalue weighted by Gasteiger charge is -2.06. The molecule has 4 heteroatoms. The highest BCUT2D eigenvalue weighted by molar-refractivity contribution is 9.09. The minimum Gasteiger partial charge on any atom is -0.293 e. The van der Waals surface area contributed by atoms with Gasteiger partial charge in [-0.2, -0.15) is 5.10 Å². The lowest BCUT2D eigenvalue weighted by atomic mass is 10.1. The van der Waals surface area contributed by atoms with Crippen LogP contribution in [0.25, 0.3) is 5.69 Å². The lowest BCUT2D eigenvalue weighted by Crippen LogP contribution is -2.06. The molecule has 0 saturated heterocycles. The Balaban J connectivity index is 2.50. The molecule has 0 N–H and O–H groups in total. The first kappa shape index (κ1) is 12.0. The number of ketones is 1. The monoisotopic (exact) mass is 292 g/mol. The fourth-order valence-corrected chi connectivity index (χ4v) is 2.11. The summed E-state index contributed by atoms with van der Waals surface area (Å²) in [5.74, 6) is 0.0732. The number of halogens is 1. The van der Waals surface area contributed by atoms with Crippen LogP contribution in [0.3, 0.4) is 0 Å². The Bertz CT molecular complexity index is 519. The van der Waals surface area contributed by atoms with Crippen LogP contribution in [0, 0.1) is 0 Å². The van der Waals surface area contributed by atoms with E-state index in [2.05, 4.69) is 21.0 Å². The highest BCUT2D eigenvalue weighted by Crippen LogP contribution is 2.16. The number of rotatable bonds is 4. The SMILES string of the molecule is CCc1c(C(=O)CBr)cnn1-c1ccccc1. The quantitative estimate of drug-likeness (QED) is 0.641. The smallest absolute Gasteiger partial charge is 0.176 e. The van der Waals surface area contributed by atoms with E-state index in [4.69, 9.17) is 0 Å². The fourth-order valence-electron chi connectivity index (χ4n) is 1.81. The Morgan fingerprint density at radius 2 is 2.06 bits per heavy atom. The zero-order valence-corrected chi connectivity index (χ0v) is 11.1. The first-order valence-electron chi connectivity index (χ1n) is 5.49. The van der Waals surface area contributed by atoms with Crippen molar-refractivity contribution in [1.82, 2.24) is 9.78 Å². The van der Waals surface area contributed by atoms with Crippen LogP contribution in [0.5, 0.6) is 0 Å². The molecule has 3 nitrogen and oxygen atoms in total. The number of benzene rings is 1. The van der Waals surface area contributed by atoms with Gasteiger partial charge in [0.05, 0.1) is 28.5 Å². The standard InChI is InChI=1S/C13H13BrN2O/c1-2-12-11(13(17)8-14)9-15-16(12)10-6-4-3-5-7-10/h3-7,9H,2,8H2,1H3. The van der Waals surface area contributed by atoms with Crippen LogP contribution in [0.4, 0.5) is 0 Å². The fraction of sp³-hybridized carbons (Fsp3) is 0.231. The summed E-state index contributed by atoms with van der Waals surface area (Å²) < 4.78 is 1.83. The Morgan fingerprint density at radius 1 is 1.35 bits per heavy atom. The van der Waals surface area contributed by atoms with Gasteiger partial charge in [-0.25, -0.2) is 4.68 Å². The number of carbonyl (C=O) groups excluding carboxylic acids is 1. The predicted molar refractivity (Wildman–Crippen MR) is 71.1 cm³/mol. The maximum Gasteiger partial charge on any atom is 0.176 e. The molecule has 88 valence electrons. The van der Waals surface area contributed by atoms with E-state index in [9.17, 15) is 4.79 Å². The maximum atomic E-state index is 11.7. The van der Waals surface area contributed by atoms with E-state index < -0.39 is 0 Å². The van der Waals surface area contributed by atoms with E-state index in [1.54, 1.807) is 6.20 Å². The molecular formula is C13H13BrN2O. The zero-order chi connectivity index (χ0) is 12.3. The summed E-state index contributed by atoms with van der Waals surface area (Å²) in [5.41, 5.74) is 2.65. The second-order valence-electron chi connectivity index (χ2n) is 3.66. The molecule has 17 heavy (non-hydrogen) atoms. The zero-order valence-electron chi connectivity index (χ0n) is 9.56. The molecular weight excluding hydrogens is 280 g/mol. The largest absolute Gasteiger partial charge is 0.293 e. The second kappa shape index (κ2) is 5.27. The van der Waals surface area contributed by atoms with Crippen molar-refractivity contribution in [3.63, 3.8) is 0 Å². The maximum absolute atomic E-state index is 11.7. The molecule has 1 heterocycles. The molecule has 0 radical (unpaired) electrons. The van der Waals surface area contributed by atoms with Gasteiger partial charge in [0.25, 0.3) is 0 Å². The van der Waals surface area contributed by atoms with Gasteiger partial charge in [-0.05, 0) is 18.6 Å². The van der Waals surface area contributed by atoms with Crippen LogP contribution in [-0.4, -0.2) is 20.9 Å². The summed E-state index contributed by atoms with van der Waals surface area (Å²) in [5, 5.41) is 4.64. The van der Waals surface area contributed by atoms with Gasteiger partial charge >= 0.3 is 0 Å². The Hall–Kier alpha value is -1.42. The molecule has 2 rings (SSSR count). The third-order valence-corrected chi connectivity index (χ3v) is 3.14. The molecule has 0 saturated carbocycles.